The van der Waals surface area contributed by atoms with E-state index in [1.807, 2.05) is 26.0 Å². The highest BCUT2D eigenvalue weighted by Crippen LogP contribution is 2.61. The van der Waals surface area contributed by atoms with Crippen LogP contribution >= 0.6 is 11.6 Å². The molecule has 3 saturated heterocycles. The standard InChI is InChI=1S/C24H21ClFN3O3/c1-11-8-12(2)20-14(9-11)24(23(32)27-20)19-18(17-4-3-7-28(17)24)21(30)29(22(19)31)13-5-6-16(26)15(25)10-13/h5-6,8-10,17-19H,3-4,7H2,1-2H3,(H,27,32)/t17-,18+,19+,24-/m1/s1. The van der Waals surface area contributed by atoms with E-state index in [0.29, 0.717) is 6.54 Å². The van der Waals surface area contributed by atoms with Gasteiger partial charge in [0.25, 0.3) is 0 Å². The average molecular weight is 454 g/mol. The number of benzene rings is 2. The molecule has 6 nitrogen and oxygen atoms in total. The second-order valence-electron chi connectivity index (χ2n) is 9.24. The molecule has 0 aliphatic carbocycles. The van der Waals surface area contributed by atoms with Crippen LogP contribution in [0.3, 0.4) is 0 Å². The monoisotopic (exact) mass is 453 g/mol. The van der Waals surface area contributed by atoms with Crippen LogP contribution in [0.15, 0.2) is 30.3 Å². The predicted molar refractivity (Wildman–Crippen MR) is 117 cm³/mol. The third kappa shape index (κ3) is 2.20. The van der Waals surface area contributed by atoms with Gasteiger partial charge in [0.05, 0.1) is 22.5 Å². The minimum absolute atomic E-state index is 0.160. The van der Waals surface area contributed by atoms with Crippen LogP contribution in [0.1, 0.15) is 29.5 Å². The fraction of sp³-hybridized carbons (Fsp3) is 0.375. The number of anilines is 2. The zero-order chi connectivity index (χ0) is 22.5. The average Bonchev–Trinajstić information content (AvgIpc) is 3.44. The summed E-state index contributed by atoms with van der Waals surface area (Å²) in [7, 11) is 0. The van der Waals surface area contributed by atoms with Gasteiger partial charge >= 0.3 is 0 Å². The lowest BCUT2D eigenvalue weighted by molar-refractivity contribution is -0.135. The SMILES string of the molecule is Cc1cc(C)c2c(c1)[C@]1(C(=O)N2)[C@@H]2C(=O)N(c3ccc(F)c(Cl)c3)C(=O)[C@H]2[C@H]2CCCN21. The molecule has 8 heteroatoms. The summed E-state index contributed by atoms with van der Waals surface area (Å²) in [6.07, 6.45) is 1.60. The number of nitrogens with one attached hydrogen (secondary N) is 1. The maximum absolute atomic E-state index is 13.9. The Morgan fingerprint density at radius 1 is 1.12 bits per heavy atom. The molecule has 32 heavy (non-hydrogen) atoms. The van der Waals surface area contributed by atoms with Crippen molar-refractivity contribution in [3.63, 3.8) is 0 Å². The zero-order valence-electron chi connectivity index (χ0n) is 17.6. The van der Waals surface area contributed by atoms with Crippen molar-refractivity contribution >= 4 is 40.7 Å². The first-order valence-electron chi connectivity index (χ1n) is 10.8. The van der Waals surface area contributed by atoms with Gasteiger partial charge in [0.15, 0.2) is 0 Å². The molecular weight excluding hydrogens is 433 g/mol. The number of hydrogen-bond donors (Lipinski definition) is 1. The van der Waals surface area contributed by atoms with E-state index in [0.717, 1.165) is 46.2 Å². The summed E-state index contributed by atoms with van der Waals surface area (Å²) in [4.78, 5) is 44.4. The number of halogens is 2. The Hall–Kier alpha value is -2.77. The third-order valence-corrected chi connectivity index (χ3v) is 7.89. The van der Waals surface area contributed by atoms with Crippen LogP contribution in [0.25, 0.3) is 0 Å². The Morgan fingerprint density at radius 3 is 2.66 bits per heavy atom. The highest BCUT2D eigenvalue weighted by atomic mass is 35.5. The lowest BCUT2D eigenvalue weighted by atomic mass is 9.75. The van der Waals surface area contributed by atoms with Crippen molar-refractivity contribution in [1.82, 2.24) is 4.90 Å². The molecule has 1 spiro atoms. The largest absolute Gasteiger partial charge is 0.324 e. The van der Waals surface area contributed by atoms with Crippen molar-refractivity contribution in [2.75, 3.05) is 16.8 Å². The van der Waals surface area contributed by atoms with Gasteiger partial charge in [-0.2, -0.15) is 0 Å². The Balaban J connectivity index is 1.57. The van der Waals surface area contributed by atoms with E-state index >= 15 is 0 Å². The molecule has 0 radical (unpaired) electrons. The molecule has 0 aromatic heterocycles. The number of rotatable bonds is 1. The second-order valence-corrected chi connectivity index (χ2v) is 9.65. The van der Waals surface area contributed by atoms with E-state index in [4.69, 9.17) is 11.6 Å². The molecule has 4 aliphatic rings. The highest BCUT2D eigenvalue weighted by Gasteiger charge is 2.74. The van der Waals surface area contributed by atoms with Crippen LogP contribution in [0.5, 0.6) is 0 Å². The number of carbonyl (C=O) groups is 3. The summed E-state index contributed by atoms with van der Waals surface area (Å²) < 4.78 is 13.7. The van der Waals surface area contributed by atoms with Gasteiger partial charge in [-0.05, 0) is 57.0 Å². The van der Waals surface area contributed by atoms with E-state index in [2.05, 4.69) is 10.2 Å². The number of fused-ring (bicyclic) bond motifs is 7. The summed E-state index contributed by atoms with van der Waals surface area (Å²) in [5.74, 6) is -3.12. The van der Waals surface area contributed by atoms with E-state index in [9.17, 15) is 18.8 Å². The molecule has 1 N–H and O–H groups in total. The fourth-order valence-electron chi connectivity index (χ4n) is 6.54. The fourth-order valence-corrected chi connectivity index (χ4v) is 6.71. The van der Waals surface area contributed by atoms with Gasteiger partial charge < -0.3 is 5.32 Å². The number of aryl methyl sites for hydroxylation is 2. The number of imide groups is 1. The molecule has 3 amide bonds. The molecule has 164 valence electrons. The van der Waals surface area contributed by atoms with Gasteiger partial charge in [-0.3, -0.25) is 19.3 Å². The quantitative estimate of drug-likeness (QED) is 0.671. The molecule has 4 aliphatic heterocycles. The summed E-state index contributed by atoms with van der Waals surface area (Å²) in [6.45, 7) is 4.56. The number of amides is 3. The van der Waals surface area contributed by atoms with E-state index in [-0.39, 0.29) is 28.6 Å². The first-order chi connectivity index (χ1) is 15.3. The topological polar surface area (TPSA) is 69.7 Å². The van der Waals surface area contributed by atoms with Crippen LogP contribution in [0.4, 0.5) is 15.8 Å². The molecule has 0 saturated carbocycles. The van der Waals surface area contributed by atoms with Crippen molar-refractivity contribution in [2.45, 2.75) is 38.3 Å². The second kappa shape index (κ2) is 6.39. The summed E-state index contributed by atoms with van der Waals surface area (Å²) in [6, 6.07) is 7.59. The number of nitrogens with zero attached hydrogens (tertiary/aromatic N) is 2. The molecule has 0 unspecified atom stereocenters. The van der Waals surface area contributed by atoms with Crippen molar-refractivity contribution < 1.29 is 18.8 Å². The molecule has 4 heterocycles. The lowest BCUT2D eigenvalue weighted by Gasteiger charge is -2.36. The number of hydrogen-bond acceptors (Lipinski definition) is 4. The van der Waals surface area contributed by atoms with E-state index in [1.165, 1.54) is 12.1 Å². The maximum Gasteiger partial charge on any atom is 0.250 e. The molecule has 4 atom stereocenters. The van der Waals surface area contributed by atoms with Crippen LogP contribution in [0.2, 0.25) is 5.02 Å². The molecule has 2 aromatic carbocycles. The molecule has 6 rings (SSSR count). The van der Waals surface area contributed by atoms with E-state index < -0.39 is 29.1 Å². The van der Waals surface area contributed by atoms with Crippen molar-refractivity contribution in [1.29, 1.82) is 0 Å². The van der Waals surface area contributed by atoms with Crippen molar-refractivity contribution in [3.8, 4) is 0 Å². The maximum atomic E-state index is 13.9. The van der Waals surface area contributed by atoms with Crippen LogP contribution < -0.4 is 10.2 Å². The molecular formula is C24H21ClFN3O3. The summed E-state index contributed by atoms with van der Waals surface area (Å²) >= 11 is 5.95. The van der Waals surface area contributed by atoms with E-state index in [1.54, 1.807) is 0 Å². The molecule has 2 aromatic rings. The van der Waals surface area contributed by atoms with Gasteiger partial charge in [0.2, 0.25) is 17.7 Å². The smallest absolute Gasteiger partial charge is 0.250 e. The van der Waals surface area contributed by atoms with Crippen LogP contribution in [0, 0.1) is 31.5 Å². The molecule has 3 fully saturated rings. The summed E-state index contributed by atoms with van der Waals surface area (Å²) in [5, 5.41) is 2.86. The van der Waals surface area contributed by atoms with Crippen molar-refractivity contribution in [3.05, 3.63) is 57.9 Å². The normalized spacial score (nSPS) is 30.8. The first-order valence-corrected chi connectivity index (χ1v) is 11.2. The number of carbonyl (C=O) groups excluding carboxylic acids is 3. The Bertz CT molecular complexity index is 1250. The predicted octanol–water partition coefficient (Wildman–Crippen LogP) is 3.53. The highest BCUT2D eigenvalue weighted by molar-refractivity contribution is 6.32. The molecule has 0 bridgehead atoms. The van der Waals surface area contributed by atoms with Gasteiger partial charge in [0, 0.05) is 17.3 Å². The minimum atomic E-state index is -1.22. The van der Waals surface area contributed by atoms with Gasteiger partial charge in [0.1, 0.15) is 11.4 Å². The zero-order valence-corrected chi connectivity index (χ0v) is 18.4. The third-order valence-electron chi connectivity index (χ3n) is 7.60. The van der Waals surface area contributed by atoms with Gasteiger partial charge in [-0.25, -0.2) is 9.29 Å². The first kappa shape index (κ1) is 19.9. The summed E-state index contributed by atoms with van der Waals surface area (Å²) in [5.41, 5.74) is 2.46. The van der Waals surface area contributed by atoms with Crippen LogP contribution in [-0.2, 0) is 19.9 Å². The minimum Gasteiger partial charge on any atom is -0.324 e. The van der Waals surface area contributed by atoms with Gasteiger partial charge in [-0.1, -0.05) is 29.3 Å². The van der Waals surface area contributed by atoms with Crippen LogP contribution in [-0.4, -0.2) is 35.2 Å². The lowest BCUT2D eigenvalue weighted by Crippen LogP contribution is -2.54. The Labute approximate surface area is 189 Å². The Kier molecular flexibility index (Phi) is 3.97. The van der Waals surface area contributed by atoms with Crippen molar-refractivity contribution in [2.24, 2.45) is 11.8 Å². The van der Waals surface area contributed by atoms with Gasteiger partial charge in [-0.15, -0.1) is 0 Å². The Morgan fingerprint density at radius 2 is 1.91 bits per heavy atom.